The normalized spacial score (nSPS) is 12.4. The number of aryl methyl sites for hydroxylation is 2. The van der Waals surface area contributed by atoms with E-state index in [0.717, 1.165) is 14.2 Å². The molecule has 2 aromatic rings. The van der Waals surface area contributed by atoms with Gasteiger partial charge in [-0.05, 0) is 56.5 Å². The van der Waals surface area contributed by atoms with E-state index < -0.39 is 28.7 Å². The number of amides is 2. The zero-order valence-electron chi connectivity index (χ0n) is 20.5. The van der Waals surface area contributed by atoms with Crippen LogP contribution in [-0.2, 0) is 26.3 Å². The molecule has 0 saturated heterocycles. The lowest BCUT2D eigenvalue weighted by atomic mass is 10.1. The van der Waals surface area contributed by atoms with Gasteiger partial charge in [-0.2, -0.15) is 12.7 Å². The number of nitrogens with one attached hydrogen (secondary N) is 1. The summed E-state index contributed by atoms with van der Waals surface area (Å²) in [5.74, 6) is -0.860. The van der Waals surface area contributed by atoms with Crippen LogP contribution in [0.25, 0.3) is 0 Å². The molecule has 0 aliphatic rings. The second-order valence-electron chi connectivity index (χ2n) is 8.27. The highest BCUT2D eigenvalue weighted by Crippen LogP contribution is 2.26. The Balaban J connectivity index is 2.52. The summed E-state index contributed by atoms with van der Waals surface area (Å²) in [6, 6.07) is 11.6. The molecule has 10 heteroatoms. The monoisotopic (exact) mass is 508 g/mol. The van der Waals surface area contributed by atoms with Crippen LogP contribution in [0.2, 0.25) is 5.02 Å². The van der Waals surface area contributed by atoms with Crippen LogP contribution in [0.1, 0.15) is 30.5 Å². The van der Waals surface area contributed by atoms with Gasteiger partial charge in [-0.15, -0.1) is 0 Å². The van der Waals surface area contributed by atoms with Gasteiger partial charge in [-0.3, -0.25) is 9.59 Å². The highest BCUT2D eigenvalue weighted by atomic mass is 35.5. The first kappa shape index (κ1) is 27.6. The van der Waals surface area contributed by atoms with E-state index >= 15 is 0 Å². The van der Waals surface area contributed by atoms with Crippen LogP contribution in [0.4, 0.5) is 5.69 Å². The Kier molecular flexibility index (Phi) is 9.49. The second-order valence-corrected chi connectivity index (χ2v) is 10.7. The molecule has 0 saturated carbocycles. The molecule has 8 nitrogen and oxygen atoms in total. The third kappa shape index (κ3) is 6.49. The summed E-state index contributed by atoms with van der Waals surface area (Å²) < 4.78 is 28.7. The quantitative estimate of drug-likeness (QED) is 0.534. The molecule has 34 heavy (non-hydrogen) atoms. The number of halogens is 1. The number of benzene rings is 2. The summed E-state index contributed by atoms with van der Waals surface area (Å²) in [6.45, 7) is 7.03. The Morgan fingerprint density at radius 1 is 1.09 bits per heavy atom. The number of carbonyl (C=O) groups excluding carboxylic acids is 2. The lowest BCUT2D eigenvalue weighted by Gasteiger charge is -2.33. The Morgan fingerprint density at radius 3 is 2.32 bits per heavy atom. The summed E-state index contributed by atoms with van der Waals surface area (Å²) in [5.41, 5.74) is 2.63. The first-order valence-electron chi connectivity index (χ1n) is 11.0. The lowest BCUT2D eigenvalue weighted by Crippen LogP contribution is -2.52. The summed E-state index contributed by atoms with van der Waals surface area (Å²) in [6.07, 6.45) is 0. The highest BCUT2D eigenvalue weighted by molar-refractivity contribution is 7.90. The molecule has 1 atom stereocenters. The molecule has 0 spiro atoms. The Bertz CT molecular complexity index is 1140. The van der Waals surface area contributed by atoms with E-state index in [-0.39, 0.29) is 12.5 Å². The number of rotatable bonds is 10. The highest BCUT2D eigenvalue weighted by Gasteiger charge is 2.33. The van der Waals surface area contributed by atoms with Crippen LogP contribution in [0.15, 0.2) is 42.5 Å². The van der Waals surface area contributed by atoms with Gasteiger partial charge in [0, 0.05) is 32.2 Å². The van der Waals surface area contributed by atoms with Crippen LogP contribution in [0, 0.1) is 13.8 Å². The van der Waals surface area contributed by atoms with Crippen molar-refractivity contribution in [3.63, 3.8) is 0 Å². The smallest absolute Gasteiger partial charge is 0.304 e. The van der Waals surface area contributed by atoms with Crippen molar-refractivity contribution >= 4 is 39.3 Å². The predicted octanol–water partition coefficient (Wildman–Crippen LogP) is 3.12. The van der Waals surface area contributed by atoms with Crippen molar-refractivity contribution in [3.05, 3.63) is 64.2 Å². The molecule has 0 aliphatic heterocycles. The van der Waals surface area contributed by atoms with Crippen LogP contribution in [-0.4, -0.2) is 62.7 Å². The fraction of sp³-hybridized carbons (Fsp3) is 0.417. The Morgan fingerprint density at radius 2 is 1.74 bits per heavy atom. The molecule has 2 amide bonds. The zero-order chi connectivity index (χ0) is 25.6. The van der Waals surface area contributed by atoms with Crippen molar-refractivity contribution in [2.24, 2.45) is 0 Å². The fourth-order valence-corrected chi connectivity index (χ4v) is 4.71. The van der Waals surface area contributed by atoms with Gasteiger partial charge in [0.2, 0.25) is 11.8 Å². The number of anilines is 1. The van der Waals surface area contributed by atoms with Gasteiger partial charge in [0.1, 0.15) is 12.6 Å². The van der Waals surface area contributed by atoms with Crippen molar-refractivity contribution < 1.29 is 18.0 Å². The molecule has 2 aromatic carbocycles. The maximum absolute atomic E-state index is 13.6. The fourth-order valence-electron chi connectivity index (χ4n) is 3.40. The van der Waals surface area contributed by atoms with E-state index in [1.807, 2.05) is 19.1 Å². The number of nitrogens with zero attached hydrogens (tertiary/aromatic N) is 3. The van der Waals surface area contributed by atoms with Crippen molar-refractivity contribution in [1.29, 1.82) is 0 Å². The number of hydrogen-bond acceptors (Lipinski definition) is 4. The maximum Gasteiger partial charge on any atom is 0.304 e. The summed E-state index contributed by atoms with van der Waals surface area (Å²) in [7, 11) is -1.18. The van der Waals surface area contributed by atoms with Crippen LogP contribution in [0.3, 0.4) is 0 Å². The van der Waals surface area contributed by atoms with Gasteiger partial charge >= 0.3 is 10.2 Å². The molecular weight excluding hydrogens is 476 g/mol. The molecule has 0 bridgehead atoms. The Labute approximate surface area is 207 Å². The minimum absolute atomic E-state index is 0.0550. The van der Waals surface area contributed by atoms with E-state index in [4.69, 9.17) is 11.6 Å². The molecule has 1 N–H and O–H groups in total. The first-order valence-corrected chi connectivity index (χ1v) is 12.8. The van der Waals surface area contributed by atoms with Gasteiger partial charge in [0.25, 0.3) is 0 Å². The van der Waals surface area contributed by atoms with Crippen LogP contribution in [0.5, 0.6) is 0 Å². The first-order chi connectivity index (χ1) is 15.9. The largest absolute Gasteiger partial charge is 0.355 e. The summed E-state index contributed by atoms with van der Waals surface area (Å²) >= 11 is 6.32. The van der Waals surface area contributed by atoms with Gasteiger partial charge in [0.15, 0.2) is 0 Å². The molecule has 0 aromatic heterocycles. The molecule has 0 fully saturated rings. The molecule has 0 radical (unpaired) electrons. The van der Waals surface area contributed by atoms with Crippen molar-refractivity contribution in [1.82, 2.24) is 14.5 Å². The standard InChI is InChI=1S/C24H33ClN4O4S/c1-7-26-24(31)19(4)28(15-20-10-8-9-11-21(20)25)23(30)16-29(34(32,33)27(5)6)22-14-17(2)12-13-18(22)3/h8-14,19H,7,15-16H2,1-6H3,(H,26,31)/t19-/m1/s1. The molecule has 0 heterocycles. The topological polar surface area (TPSA) is 90.0 Å². The molecule has 0 aliphatic carbocycles. The molecule has 186 valence electrons. The third-order valence-corrected chi connectivity index (χ3v) is 7.64. The van der Waals surface area contributed by atoms with E-state index in [2.05, 4.69) is 5.32 Å². The minimum Gasteiger partial charge on any atom is -0.355 e. The average molecular weight is 509 g/mol. The zero-order valence-corrected chi connectivity index (χ0v) is 22.1. The predicted molar refractivity (Wildman–Crippen MR) is 136 cm³/mol. The van der Waals surface area contributed by atoms with Gasteiger partial charge < -0.3 is 10.2 Å². The Hall–Kier alpha value is -2.62. The minimum atomic E-state index is -4.00. The lowest BCUT2D eigenvalue weighted by molar-refractivity contribution is -0.139. The van der Waals surface area contributed by atoms with E-state index in [1.165, 1.54) is 19.0 Å². The number of likely N-dealkylation sites (N-methyl/N-ethyl adjacent to an activating group) is 1. The summed E-state index contributed by atoms with van der Waals surface area (Å²) in [4.78, 5) is 27.6. The van der Waals surface area contributed by atoms with Crippen molar-refractivity contribution in [3.8, 4) is 0 Å². The number of hydrogen-bond donors (Lipinski definition) is 1. The maximum atomic E-state index is 13.6. The van der Waals surface area contributed by atoms with E-state index in [1.54, 1.807) is 51.1 Å². The average Bonchev–Trinajstić information content (AvgIpc) is 2.78. The summed E-state index contributed by atoms with van der Waals surface area (Å²) in [5, 5.41) is 3.18. The molecule has 2 rings (SSSR count). The third-order valence-electron chi connectivity index (χ3n) is 5.47. The van der Waals surface area contributed by atoms with Crippen LogP contribution >= 0.6 is 11.6 Å². The van der Waals surface area contributed by atoms with Crippen molar-refractivity contribution in [2.75, 3.05) is 31.5 Å². The van der Waals surface area contributed by atoms with Crippen molar-refractivity contribution in [2.45, 2.75) is 40.3 Å². The SMILES string of the molecule is CCNC(=O)[C@@H](C)N(Cc1ccccc1Cl)C(=O)CN(c1cc(C)ccc1C)S(=O)(=O)N(C)C. The van der Waals surface area contributed by atoms with Crippen LogP contribution < -0.4 is 9.62 Å². The second kappa shape index (κ2) is 11.7. The molecular formula is C24H33ClN4O4S. The molecule has 0 unspecified atom stereocenters. The van der Waals surface area contributed by atoms with E-state index in [0.29, 0.717) is 28.4 Å². The van der Waals surface area contributed by atoms with Gasteiger partial charge in [-0.25, -0.2) is 4.31 Å². The number of carbonyl (C=O) groups is 2. The van der Waals surface area contributed by atoms with Gasteiger partial charge in [0.05, 0.1) is 5.69 Å². The van der Waals surface area contributed by atoms with Gasteiger partial charge in [-0.1, -0.05) is 41.9 Å². The van der Waals surface area contributed by atoms with E-state index in [9.17, 15) is 18.0 Å².